The molecule has 43 heavy (non-hydrogen) atoms. The van der Waals surface area contributed by atoms with Crippen molar-refractivity contribution >= 4 is 29.4 Å². The number of fused-ring (bicyclic) bond motifs is 2. The van der Waals surface area contributed by atoms with Gasteiger partial charge in [-0.1, -0.05) is 48.5 Å². The molecule has 6 rings (SSSR count). The van der Waals surface area contributed by atoms with Gasteiger partial charge in [-0.15, -0.1) is 11.8 Å². The van der Waals surface area contributed by atoms with Crippen LogP contribution in [0.2, 0.25) is 0 Å². The number of aromatic nitrogens is 2. The van der Waals surface area contributed by atoms with Crippen molar-refractivity contribution in [3.8, 4) is 28.4 Å². The normalized spacial score (nSPS) is 15.7. The molecule has 2 aliphatic heterocycles. The molecule has 1 atom stereocenters. The average Bonchev–Trinajstić information content (AvgIpc) is 3.62. The summed E-state index contributed by atoms with van der Waals surface area (Å²) >= 11 is 1.52. The van der Waals surface area contributed by atoms with Crippen LogP contribution in [0.4, 0.5) is 5.82 Å². The van der Waals surface area contributed by atoms with E-state index < -0.39 is 0 Å². The van der Waals surface area contributed by atoms with E-state index in [1.54, 1.807) is 12.0 Å². The molecular weight excluding hydrogens is 564 g/mol. The summed E-state index contributed by atoms with van der Waals surface area (Å²) in [6.45, 7) is 5.16. The van der Waals surface area contributed by atoms with E-state index in [9.17, 15) is 9.59 Å². The molecule has 2 amide bonds. The predicted octanol–water partition coefficient (Wildman–Crippen LogP) is 5.21. The lowest BCUT2D eigenvalue weighted by Gasteiger charge is -2.24. The van der Waals surface area contributed by atoms with Crippen molar-refractivity contribution in [2.45, 2.75) is 25.5 Å². The molecule has 1 N–H and O–H groups in total. The van der Waals surface area contributed by atoms with E-state index >= 15 is 0 Å². The van der Waals surface area contributed by atoms with E-state index in [1.165, 1.54) is 11.8 Å². The number of carbonyl (C=O) groups excluding carboxylic acids is 2. The van der Waals surface area contributed by atoms with Gasteiger partial charge in [0.15, 0.2) is 11.5 Å². The minimum absolute atomic E-state index is 0.127. The molecule has 4 aromatic rings. The van der Waals surface area contributed by atoms with E-state index in [-0.39, 0.29) is 36.2 Å². The van der Waals surface area contributed by atoms with E-state index in [0.29, 0.717) is 36.9 Å². The summed E-state index contributed by atoms with van der Waals surface area (Å²) in [6, 6.07) is 21.9. The molecule has 222 valence electrons. The molecule has 0 radical (unpaired) electrons. The summed E-state index contributed by atoms with van der Waals surface area (Å²) < 4.78 is 18.3. The smallest absolute Gasteiger partial charge is 0.240 e. The fraction of sp³-hybridized carbons (Fsp3) is 0.303. The van der Waals surface area contributed by atoms with Crippen molar-refractivity contribution in [3.05, 3.63) is 89.0 Å². The van der Waals surface area contributed by atoms with Crippen LogP contribution in [0.15, 0.2) is 66.7 Å². The number of thioether (sulfide) groups is 1. The third kappa shape index (κ3) is 5.72. The van der Waals surface area contributed by atoms with Gasteiger partial charge in [-0.25, -0.2) is 4.68 Å². The first kappa shape index (κ1) is 28.8. The number of ether oxygens (including phenoxy) is 3. The molecule has 0 fully saturated rings. The lowest BCUT2D eigenvalue weighted by atomic mass is 9.99. The van der Waals surface area contributed by atoms with Crippen molar-refractivity contribution in [1.29, 1.82) is 0 Å². The van der Waals surface area contributed by atoms with Gasteiger partial charge in [0.25, 0.3) is 0 Å². The van der Waals surface area contributed by atoms with Gasteiger partial charge in [0.05, 0.1) is 22.4 Å². The van der Waals surface area contributed by atoms with Crippen LogP contribution in [-0.4, -0.2) is 60.9 Å². The van der Waals surface area contributed by atoms with Crippen LogP contribution in [-0.2, 0) is 14.3 Å². The van der Waals surface area contributed by atoms with Gasteiger partial charge in [-0.2, -0.15) is 5.10 Å². The molecular formula is C33H34N4O5S. The van der Waals surface area contributed by atoms with E-state index in [1.807, 2.05) is 65.3 Å². The zero-order valence-corrected chi connectivity index (χ0v) is 25.3. The highest BCUT2D eigenvalue weighted by atomic mass is 32.2. The third-order valence-electron chi connectivity index (χ3n) is 7.79. The van der Waals surface area contributed by atoms with Gasteiger partial charge in [0.2, 0.25) is 18.6 Å². The highest BCUT2D eigenvalue weighted by molar-refractivity contribution is 8.00. The van der Waals surface area contributed by atoms with Gasteiger partial charge < -0.3 is 19.5 Å². The first-order valence-corrected chi connectivity index (χ1v) is 15.3. The Bertz CT molecular complexity index is 1650. The second kappa shape index (κ2) is 12.5. The average molecular weight is 599 g/mol. The highest BCUT2D eigenvalue weighted by Gasteiger charge is 2.38. The molecule has 2 aliphatic rings. The van der Waals surface area contributed by atoms with Crippen molar-refractivity contribution < 1.29 is 23.8 Å². The Balaban J connectivity index is 1.56. The molecule has 9 nitrogen and oxygen atoms in total. The molecule has 0 unspecified atom stereocenters. The van der Waals surface area contributed by atoms with Crippen molar-refractivity contribution in [2.75, 3.05) is 44.3 Å². The van der Waals surface area contributed by atoms with E-state index in [0.717, 1.165) is 39.2 Å². The summed E-state index contributed by atoms with van der Waals surface area (Å²) in [7, 11) is 1.63. The summed E-state index contributed by atoms with van der Waals surface area (Å²) in [5.41, 5.74) is 6.51. The summed E-state index contributed by atoms with van der Waals surface area (Å²) in [4.78, 5) is 28.8. The SMILES string of the molecule is COCCCNC(=O)CN1C(=O)CS[C@@H](c2ccc3c(c2)OCO3)c2c(-c3ccccc3)nn(-c3cccc(C)c3C)c21. The minimum atomic E-state index is -0.266. The van der Waals surface area contributed by atoms with Crippen molar-refractivity contribution in [3.63, 3.8) is 0 Å². The number of hydrogen-bond donors (Lipinski definition) is 1. The predicted molar refractivity (Wildman–Crippen MR) is 167 cm³/mol. The first-order chi connectivity index (χ1) is 21.0. The Morgan fingerprint density at radius 1 is 1.07 bits per heavy atom. The number of rotatable bonds is 9. The summed E-state index contributed by atoms with van der Waals surface area (Å²) in [5.74, 6) is 1.75. The van der Waals surface area contributed by atoms with Crippen LogP contribution in [0.3, 0.4) is 0 Å². The molecule has 0 spiro atoms. The molecule has 0 saturated heterocycles. The minimum Gasteiger partial charge on any atom is -0.454 e. The Kier molecular flexibility index (Phi) is 8.40. The topological polar surface area (TPSA) is 94.9 Å². The van der Waals surface area contributed by atoms with Crippen LogP contribution in [0, 0.1) is 13.8 Å². The van der Waals surface area contributed by atoms with Gasteiger partial charge in [0.1, 0.15) is 12.4 Å². The third-order valence-corrected chi connectivity index (χ3v) is 9.04. The Hall–Kier alpha value is -4.28. The van der Waals surface area contributed by atoms with Crippen LogP contribution < -0.4 is 19.7 Å². The zero-order valence-electron chi connectivity index (χ0n) is 24.5. The Morgan fingerprint density at radius 2 is 1.88 bits per heavy atom. The molecule has 3 aromatic carbocycles. The number of benzene rings is 3. The number of nitrogens with zero attached hydrogens (tertiary/aromatic N) is 3. The number of anilines is 1. The molecule has 1 aromatic heterocycles. The fourth-order valence-electron chi connectivity index (χ4n) is 5.44. The largest absolute Gasteiger partial charge is 0.454 e. The summed E-state index contributed by atoms with van der Waals surface area (Å²) in [5, 5.41) is 7.89. The maximum atomic E-state index is 14.0. The van der Waals surface area contributed by atoms with Gasteiger partial charge in [-0.3, -0.25) is 14.5 Å². The second-order valence-corrected chi connectivity index (χ2v) is 11.7. The lowest BCUT2D eigenvalue weighted by molar-refractivity contribution is -0.122. The number of hydrogen-bond acceptors (Lipinski definition) is 7. The molecule has 10 heteroatoms. The second-order valence-electron chi connectivity index (χ2n) is 10.6. The maximum Gasteiger partial charge on any atom is 0.240 e. The summed E-state index contributed by atoms with van der Waals surface area (Å²) in [6.07, 6.45) is 0.683. The van der Waals surface area contributed by atoms with Crippen LogP contribution in [0.1, 0.15) is 33.9 Å². The first-order valence-electron chi connectivity index (χ1n) is 14.3. The van der Waals surface area contributed by atoms with E-state index in [4.69, 9.17) is 19.3 Å². The number of amides is 2. The fourth-order valence-corrected chi connectivity index (χ4v) is 6.63. The maximum absolute atomic E-state index is 14.0. The van der Waals surface area contributed by atoms with Crippen LogP contribution in [0.5, 0.6) is 11.5 Å². The standard InChI is InChI=1S/C33H34N4O5S/c1-21-9-7-12-25(22(21)2)37-33-30(31(35-37)23-10-5-4-6-11-23)32(24-13-14-26-27(17-24)42-20-41-26)43-19-29(39)36(33)18-28(38)34-15-8-16-40-3/h4-7,9-14,17,32H,8,15-16,18-20H2,1-3H3,(H,34,38)/t32-/m0/s1. The number of methoxy groups -OCH3 is 1. The number of carbonyl (C=O) groups is 2. The molecule has 3 heterocycles. The van der Waals surface area contributed by atoms with Crippen LogP contribution >= 0.6 is 11.8 Å². The van der Waals surface area contributed by atoms with Crippen molar-refractivity contribution in [2.24, 2.45) is 0 Å². The van der Waals surface area contributed by atoms with Gasteiger partial charge in [-0.05, 0) is 55.2 Å². The highest BCUT2D eigenvalue weighted by Crippen LogP contribution is 2.50. The Labute approximate surface area is 255 Å². The molecule has 0 aliphatic carbocycles. The number of aryl methyl sites for hydroxylation is 1. The molecule has 0 bridgehead atoms. The van der Waals surface area contributed by atoms with Crippen LogP contribution in [0.25, 0.3) is 16.9 Å². The molecule has 0 saturated carbocycles. The zero-order chi connectivity index (χ0) is 29.9. The van der Waals surface area contributed by atoms with E-state index in [2.05, 4.69) is 25.2 Å². The number of nitrogens with one attached hydrogen (secondary N) is 1. The van der Waals surface area contributed by atoms with Crippen molar-refractivity contribution in [1.82, 2.24) is 15.1 Å². The lowest BCUT2D eigenvalue weighted by Crippen LogP contribution is -2.42. The van der Waals surface area contributed by atoms with Gasteiger partial charge in [0, 0.05) is 31.4 Å². The monoisotopic (exact) mass is 598 g/mol. The Morgan fingerprint density at radius 3 is 2.70 bits per heavy atom. The quantitative estimate of drug-likeness (QED) is 0.265. The van der Waals surface area contributed by atoms with Gasteiger partial charge >= 0.3 is 0 Å².